The number of nitrogens with zero attached hydrogens (tertiary/aromatic N) is 1. The van der Waals surface area contributed by atoms with Crippen molar-refractivity contribution in [3.05, 3.63) is 24.0 Å². The second kappa shape index (κ2) is 7.17. The molecule has 1 aliphatic carbocycles. The fourth-order valence-electron chi connectivity index (χ4n) is 2.73. The first kappa shape index (κ1) is 16.1. The zero-order valence-corrected chi connectivity index (χ0v) is 13.1. The lowest BCUT2D eigenvalue weighted by Gasteiger charge is -2.31. The molecule has 1 saturated carbocycles. The molecule has 1 saturated heterocycles. The number of amides is 2. The number of hydrogen-bond donors (Lipinski definition) is 2. The van der Waals surface area contributed by atoms with E-state index in [0.29, 0.717) is 37.1 Å². The van der Waals surface area contributed by atoms with Crippen molar-refractivity contribution >= 4 is 11.7 Å². The number of halogens is 1. The summed E-state index contributed by atoms with van der Waals surface area (Å²) in [6, 6.07) is 3.94. The fraction of sp³-hybridized carbons (Fsp3) is 0.588. The van der Waals surface area contributed by atoms with E-state index in [1.165, 1.54) is 25.0 Å². The molecule has 2 N–H and O–H groups in total. The Morgan fingerprint density at radius 3 is 2.65 bits per heavy atom. The highest BCUT2D eigenvalue weighted by molar-refractivity contribution is 5.91. The quantitative estimate of drug-likeness (QED) is 0.876. The van der Waals surface area contributed by atoms with Crippen molar-refractivity contribution in [3.63, 3.8) is 0 Å². The number of likely N-dealkylation sites (tertiary alicyclic amines) is 1. The predicted octanol–water partition coefficient (Wildman–Crippen LogP) is 2.85. The summed E-state index contributed by atoms with van der Waals surface area (Å²) in [5, 5.41) is 11.9. The molecule has 1 aliphatic heterocycles. The Kier molecular flexibility index (Phi) is 5.00. The maximum Gasteiger partial charge on any atom is 0.321 e. The van der Waals surface area contributed by atoms with Crippen molar-refractivity contribution < 1.29 is 19.0 Å². The van der Waals surface area contributed by atoms with E-state index in [-0.39, 0.29) is 18.6 Å². The highest BCUT2D eigenvalue weighted by Gasteiger charge is 2.24. The number of benzene rings is 1. The SMILES string of the molecule is O=C(Nc1cc(F)ccc1OCC1CC1)N1CCC(CO)CC1. The molecular formula is C17H23FN2O3. The lowest BCUT2D eigenvalue weighted by molar-refractivity contribution is 0.143. The van der Waals surface area contributed by atoms with Gasteiger partial charge in [-0.1, -0.05) is 0 Å². The van der Waals surface area contributed by atoms with Crippen LogP contribution in [0.4, 0.5) is 14.9 Å². The molecule has 23 heavy (non-hydrogen) atoms. The third kappa shape index (κ3) is 4.34. The topological polar surface area (TPSA) is 61.8 Å². The first-order valence-electron chi connectivity index (χ1n) is 8.25. The lowest BCUT2D eigenvalue weighted by atomic mass is 9.98. The predicted molar refractivity (Wildman–Crippen MR) is 85.0 cm³/mol. The van der Waals surface area contributed by atoms with E-state index in [1.54, 1.807) is 11.0 Å². The van der Waals surface area contributed by atoms with Crippen molar-refractivity contribution in [2.45, 2.75) is 25.7 Å². The Morgan fingerprint density at radius 2 is 2.00 bits per heavy atom. The highest BCUT2D eigenvalue weighted by atomic mass is 19.1. The van der Waals surface area contributed by atoms with Gasteiger partial charge in [0.2, 0.25) is 0 Å². The van der Waals surface area contributed by atoms with Crippen LogP contribution in [-0.4, -0.2) is 42.3 Å². The summed E-state index contributed by atoms with van der Waals surface area (Å²) in [6.07, 6.45) is 3.92. The number of rotatable bonds is 5. The van der Waals surface area contributed by atoms with Crippen molar-refractivity contribution in [2.24, 2.45) is 11.8 Å². The van der Waals surface area contributed by atoms with Crippen LogP contribution in [-0.2, 0) is 0 Å². The van der Waals surface area contributed by atoms with E-state index in [4.69, 9.17) is 9.84 Å². The van der Waals surface area contributed by atoms with Gasteiger partial charge in [0.05, 0.1) is 12.3 Å². The summed E-state index contributed by atoms with van der Waals surface area (Å²) in [6.45, 7) is 1.98. The van der Waals surface area contributed by atoms with Crippen LogP contribution in [0.3, 0.4) is 0 Å². The van der Waals surface area contributed by atoms with Gasteiger partial charge >= 0.3 is 6.03 Å². The second-order valence-corrected chi connectivity index (χ2v) is 6.44. The van der Waals surface area contributed by atoms with E-state index in [0.717, 1.165) is 12.8 Å². The number of nitrogens with one attached hydrogen (secondary N) is 1. The van der Waals surface area contributed by atoms with Gasteiger partial charge in [-0.15, -0.1) is 0 Å². The van der Waals surface area contributed by atoms with Crippen molar-refractivity contribution in [1.82, 2.24) is 4.90 Å². The lowest BCUT2D eigenvalue weighted by Crippen LogP contribution is -2.41. The van der Waals surface area contributed by atoms with E-state index < -0.39 is 5.82 Å². The van der Waals surface area contributed by atoms with Gasteiger partial charge in [-0.05, 0) is 49.7 Å². The second-order valence-electron chi connectivity index (χ2n) is 6.44. The molecule has 0 bridgehead atoms. The van der Waals surface area contributed by atoms with Crippen LogP contribution in [0.15, 0.2) is 18.2 Å². The molecule has 1 aromatic rings. The molecule has 1 heterocycles. The Bertz CT molecular complexity index is 555. The van der Waals surface area contributed by atoms with E-state index in [9.17, 15) is 9.18 Å². The van der Waals surface area contributed by atoms with Crippen LogP contribution in [0.1, 0.15) is 25.7 Å². The number of piperidine rings is 1. The average molecular weight is 322 g/mol. The van der Waals surface area contributed by atoms with Gasteiger partial charge in [-0.2, -0.15) is 0 Å². The Labute approximate surface area is 135 Å². The molecule has 0 radical (unpaired) electrons. The molecule has 2 aliphatic rings. The highest BCUT2D eigenvalue weighted by Crippen LogP contribution is 2.32. The molecule has 5 nitrogen and oxygen atoms in total. The largest absolute Gasteiger partial charge is 0.491 e. The zero-order valence-electron chi connectivity index (χ0n) is 13.1. The third-order valence-electron chi connectivity index (χ3n) is 4.51. The molecule has 0 aromatic heterocycles. The maximum atomic E-state index is 13.5. The smallest absolute Gasteiger partial charge is 0.321 e. The van der Waals surface area contributed by atoms with Gasteiger partial charge in [-0.25, -0.2) is 9.18 Å². The standard InChI is InChI=1S/C17H23FN2O3/c18-14-3-4-16(23-11-13-1-2-13)15(9-14)19-17(22)20-7-5-12(10-21)6-8-20/h3-4,9,12-13,21H,1-2,5-8,10-11H2,(H,19,22). The van der Waals surface area contributed by atoms with Gasteiger partial charge < -0.3 is 20.1 Å². The summed E-state index contributed by atoms with van der Waals surface area (Å²) in [4.78, 5) is 14.0. The number of carbonyl (C=O) groups is 1. The molecule has 126 valence electrons. The first-order chi connectivity index (χ1) is 11.2. The molecule has 2 amide bonds. The zero-order chi connectivity index (χ0) is 16.2. The molecule has 0 unspecified atom stereocenters. The average Bonchev–Trinajstić information content (AvgIpc) is 3.38. The molecular weight excluding hydrogens is 299 g/mol. The molecule has 6 heteroatoms. The first-order valence-corrected chi connectivity index (χ1v) is 8.25. The minimum Gasteiger partial charge on any atom is -0.491 e. The molecule has 1 aromatic carbocycles. The number of ether oxygens (including phenoxy) is 1. The Balaban J connectivity index is 1.61. The minimum atomic E-state index is -0.405. The Hall–Kier alpha value is -1.82. The van der Waals surface area contributed by atoms with Crippen LogP contribution in [0.2, 0.25) is 0 Å². The fourth-order valence-corrected chi connectivity index (χ4v) is 2.73. The summed E-state index contributed by atoms with van der Waals surface area (Å²) >= 11 is 0. The van der Waals surface area contributed by atoms with Crippen LogP contribution >= 0.6 is 0 Å². The van der Waals surface area contributed by atoms with Crippen LogP contribution in [0.25, 0.3) is 0 Å². The number of aliphatic hydroxyl groups excluding tert-OH is 1. The van der Waals surface area contributed by atoms with Gasteiger partial charge in [-0.3, -0.25) is 0 Å². The molecule has 0 spiro atoms. The van der Waals surface area contributed by atoms with Crippen molar-refractivity contribution in [2.75, 3.05) is 31.6 Å². The van der Waals surface area contributed by atoms with Crippen molar-refractivity contribution in [3.8, 4) is 5.75 Å². The summed E-state index contributed by atoms with van der Waals surface area (Å²) in [7, 11) is 0. The number of urea groups is 1. The normalized spacial score (nSPS) is 18.8. The molecule has 2 fully saturated rings. The summed E-state index contributed by atoms with van der Waals surface area (Å²) < 4.78 is 19.2. The van der Waals surface area contributed by atoms with Crippen LogP contribution in [0.5, 0.6) is 5.75 Å². The van der Waals surface area contributed by atoms with Gasteiger partial charge in [0.25, 0.3) is 0 Å². The van der Waals surface area contributed by atoms with Crippen LogP contribution in [0, 0.1) is 17.7 Å². The summed E-state index contributed by atoms with van der Waals surface area (Å²) in [5.41, 5.74) is 0.375. The van der Waals surface area contributed by atoms with Crippen LogP contribution < -0.4 is 10.1 Å². The number of anilines is 1. The van der Waals surface area contributed by atoms with E-state index in [1.807, 2.05) is 0 Å². The number of carbonyl (C=O) groups excluding carboxylic acids is 1. The summed E-state index contributed by atoms with van der Waals surface area (Å²) in [5.74, 6) is 0.960. The number of hydrogen-bond acceptors (Lipinski definition) is 3. The van der Waals surface area contributed by atoms with Gasteiger partial charge in [0.1, 0.15) is 11.6 Å². The third-order valence-corrected chi connectivity index (χ3v) is 4.51. The monoisotopic (exact) mass is 322 g/mol. The minimum absolute atomic E-state index is 0.165. The maximum absolute atomic E-state index is 13.5. The van der Waals surface area contributed by atoms with Gasteiger partial charge in [0, 0.05) is 25.8 Å². The van der Waals surface area contributed by atoms with Crippen molar-refractivity contribution in [1.29, 1.82) is 0 Å². The number of aliphatic hydroxyl groups is 1. The molecule has 0 atom stereocenters. The van der Waals surface area contributed by atoms with Gasteiger partial charge in [0.15, 0.2) is 0 Å². The van der Waals surface area contributed by atoms with E-state index >= 15 is 0 Å². The molecule has 3 rings (SSSR count). The Morgan fingerprint density at radius 1 is 1.26 bits per heavy atom. The van der Waals surface area contributed by atoms with E-state index in [2.05, 4.69) is 5.32 Å².